The smallest absolute Gasteiger partial charge is 0.125 e. The molecule has 3 nitrogen and oxygen atoms in total. The zero-order chi connectivity index (χ0) is 9.26. The lowest BCUT2D eigenvalue weighted by atomic mass is 10.1. The monoisotopic (exact) mass is 181 g/mol. The second-order valence-electron chi connectivity index (χ2n) is 3.43. The maximum atomic E-state index is 12.5. The van der Waals surface area contributed by atoms with Gasteiger partial charge in [-0.25, -0.2) is 14.4 Å². The molecule has 1 aromatic heterocycles. The van der Waals surface area contributed by atoms with E-state index >= 15 is 0 Å². The van der Waals surface area contributed by atoms with E-state index in [0.29, 0.717) is 13.1 Å². The van der Waals surface area contributed by atoms with Crippen LogP contribution in [0.5, 0.6) is 0 Å². The molecule has 4 heteroatoms. The summed E-state index contributed by atoms with van der Waals surface area (Å²) in [5.74, 6) is 0.774. The molecule has 0 radical (unpaired) electrons. The normalized spacial score (nSPS) is 18.6. The predicted molar refractivity (Wildman–Crippen MR) is 46.9 cm³/mol. The standard InChI is InChI=1S/C9H12FN3/c1-7-11-2-8(3-12-7)4-13-5-9(10)6-13/h2-3,9H,4-6H2,1H3. The fourth-order valence-electron chi connectivity index (χ4n) is 1.40. The number of nitrogens with zero attached hydrogens (tertiary/aromatic N) is 3. The SMILES string of the molecule is Cc1ncc(CN2CC(F)C2)cn1. The second kappa shape index (κ2) is 3.38. The van der Waals surface area contributed by atoms with Gasteiger partial charge in [-0.2, -0.15) is 0 Å². The molecular formula is C9H12FN3. The third kappa shape index (κ3) is 2.01. The molecule has 2 heterocycles. The van der Waals surface area contributed by atoms with Crippen molar-refractivity contribution in [2.75, 3.05) is 13.1 Å². The summed E-state index contributed by atoms with van der Waals surface area (Å²) in [5, 5.41) is 0. The van der Waals surface area contributed by atoms with Crippen LogP contribution in [0.4, 0.5) is 4.39 Å². The van der Waals surface area contributed by atoms with E-state index in [1.165, 1.54) is 0 Å². The minimum Gasteiger partial charge on any atom is -0.293 e. The highest BCUT2D eigenvalue weighted by molar-refractivity contribution is 5.05. The summed E-state index contributed by atoms with van der Waals surface area (Å²) in [4.78, 5) is 10.2. The zero-order valence-corrected chi connectivity index (χ0v) is 7.57. The van der Waals surface area contributed by atoms with E-state index in [4.69, 9.17) is 0 Å². The van der Waals surface area contributed by atoms with E-state index in [-0.39, 0.29) is 0 Å². The number of halogens is 1. The molecule has 0 spiro atoms. The topological polar surface area (TPSA) is 29.0 Å². The van der Waals surface area contributed by atoms with Gasteiger partial charge in [0.2, 0.25) is 0 Å². The number of likely N-dealkylation sites (tertiary alicyclic amines) is 1. The van der Waals surface area contributed by atoms with Crippen LogP contribution < -0.4 is 0 Å². The van der Waals surface area contributed by atoms with Crippen LogP contribution >= 0.6 is 0 Å². The third-order valence-corrected chi connectivity index (χ3v) is 2.15. The minimum atomic E-state index is -0.633. The van der Waals surface area contributed by atoms with Gasteiger partial charge < -0.3 is 0 Å². The molecule has 0 unspecified atom stereocenters. The predicted octanol–water partition coefficient (Wildman–Crippen LogP) is 0.939. The number of aryl methyl sites for hydroxylation is 1. The molecule has 0 amide bonds. The Kier molecular flexibility index (Phi) is 2.22. The van der Waals surface area contributed by atoms with Crippen molar-refractivity contribution in [3.05, 3.63) is 23.8 Å². The van der Waals surface area contributed by atoms with Crippen LogP contribution in [-0.4, -0.2) is 34.1 Å². The van der Waals surface area contributed by atoms with Crippen molar-refractivity contribution >= 4 is 0 Å². The summed E-state index contributed by atoms with van der Waals surface area (Å²) in [6, 6.07) is 0. The Bertz CT molecular complexity index is 279. The Morgan fingerprint density at radius 2 is 2.08 bits per heavy atom. The first-order valence-corrected chi connectivity index (χ1v) is 4.38. The lowest BCUT2D eigenvalue weighted by Gasteiger charge is -2.33. The van der Waals surface area contributed by atoms with Crippen LogP contribution in [0, 0.1) is 6.92 Å². The summed E-state index contributed by atoms with van der Waals surface area (Å²) in [5.41, 5.74) is 1.05. The lowest BCUT2D eigenvalue weighted by Crippen LogP contribution is -2.47. The van der Waals surface area contributed by atoms with E-state index in [1.54, 1.807) is 12.4 Å². The van der Waals surface area contributed by atoms with Crippen molar-refractivity contribution in [3.63, 3.8) is 0 Å². The largest absolute Gasteiger partial charge is 0.293 e. The molecule has 13 heavy (non-hydrogen) atoms. The Hall–Kier alpha value is -1.03. The van der Waals surface area contributed by atoms with Crippen LogP contribution in [0.3, 0.4) is 0 Å². The van der Waals surface area contributed by atoms with Gasteiger partial charge in [-0.1, -0.05) is 0 Å². The van der Waals surface area contributed by atoms with Crippen LogP contribution in [0.25, 0.3) is 0 Å². The van der Waals surface area contributed by atoms with Gasteiger partial charge in [0.25, 0.3) is 0 Å². The van der Waals surface area contributed by atoms with Gasteiger partial charge in [0.15, 0.2) is 0 Å². The Balaban J connectivity index is 1.91. The van der Waals surface area contributed by atoms with E-state index in [1.807, 2.05) is 11.8 Å². The molecule has 1 saturated heterocycles. The first-order chi connectivity index (χ1) is 6.24. The first kappa shape index (κ1) is 8.56. The molecule has 0 aliphatic carbocycles. The van der Waals surface area contributed by atoms with E-state index < -0.39 is 6.17 Å². The van der Waals surface area contributed by atoms with Gasteiger partial charge in [-0.15, -0.1) is 0 Å². The van der Waals surface area contributed by atoms with Crippen LogP contribution in [0.15, 0.2) is 12.4 Å². The van der Waals surface area contributed by atoms with Crippen molar-refractivity contribution in [2.45, 2.75) is 19.6 Å². The van der Waals surface area contributed by atoms with Crippen LogP contribution in [-0.2, 0) is 6.54 Å². The van der Waals surface area contributed by atoms with Gasteiger partial charge in [0.1, 0.15) is 12.0 Å². The highest BCUT2D eigenvalue weighted by Gasteiger charge is 2.25. The quantitative estimate of drug-likeness (QED) is 0.680. The maximum absolute atomic E-state index is 12.5. The molecule has 2 rings (SSSR count). The summed E-state index contributed by atoms with van der Waals surface area (Å²) in [6.07, 6.45) is 2.97. The Morgan fingerprint density at radius 1 is 1.46 bits per heavy atom. The van der Waals surface area contributed by atoms with E-state index in [9.17, 15) is 4.39 Å². The average Bonchev–Trinajstić information content (AvgIpc) is 2.06. The molecule has 1 fully saturated rings. The Labute approximate surface area is 76.6 Å². The number of hydrogen-bond acceptors (Lipinski definition) is 3. The molecule has 1 aromatic rings. The minimum absolute atomic E-state index is 0.549. The molecule has 0 N–H and O–H groups in total. The summed E-state index contributed by atoms with van der Waals surface area (Å²) in [7, 11) is 0. The van der Waals surface area contributed by atoms with Crippen LogP contribution in [0.1, 0.15) is 11.4 Å². The van der Waals surface area contributed by atoms with E-state index in [2.05, 4.69) is 9.97 Å². The molecule has 0 atom stereocenters. The van der Waals surface area contributed by atoms with Crippen LogP contribution in [0.2, 0.25) is 0 Å². The summed E-state index contributed by atoms with van der Waals surface area (Å²) in [6.45, 7) is 3.72. The molecule has 0 aromatic carbocycles. The average molecular weight is 181 g/mol. The van der Waals surface area contributed by atoms with E-state index in [0.717, 1.165) is 17.9 Å². The van der Waals surface area contributed by atoms with Gasteiger partial charge in [-0.3, -0.25) is 4.90 Å². The molecule has 0 saturated carbocycles. The lowest BCUT2D eigenvalue weighted by molar-refractivity contribution is 0.0589. The van der Waals surface area contributed by atoms with Gasteiger partial charge in [0.05, 0.1) is 0 Å². The first-order valence-electron chi connectivity index (χ1n) is 4.38. The van der Waals surface area contributed by atoms with Gasteiger partial charge in [-0.05, 0) is 6.92 Å². The number of hydrogen-bond donors (Lipinski definition) is 0. The molecule has 0 bridgehead atoms. The van der Waals surface area contributed by atoms with Crippen molar-refractivity contribution in [3.8, 4) is 0 Å². The van der Waals surface area contributed by atoms with Crippen molar-refractivity contribution < 1.29 is 4.39 Å². The van der Waals surface area contributed by atoms with Crippen molar-refractivity contribution in [2.24, 2.45) is 0 Å². The molecule has 70 valence electrons. The fourth-order valence-corrected chi connectivity index (χ4v) is 1.40. The number of aromatic nitrogens is 2. The van der Waals surface area contributed by atoms with Gasteiger partial charge >= 0.3 is 0 Å². The van der Waals surface area contributed by atoms with Gasteiger partial charge in [0, 0.05) is 37.6 Å². The highest BCUT2D eigenvalue weighted by Crippen LogP contribution is 2.14. The molecule has 1 aliphatic rings. The second-order valence-corrected chi connectivity index (χ2v) is 3.43. The molecule has 1 aliphatic heterocycles. The fraction of sp³-hybridized carbons (Fsp3) is 0.556. The zero-order valence-electron chi connectivity index (χ0n) is 7.57. The summed E-state index contributed by atoms with van der Waals surface area (Å²) >= 11 is 0. The number of rotatable bonds is 2. The number of alkyl halides is 1. The molecular weight excluding hydrogens is 169 g/mol. The maximum Gasteiger partial charge on any atom is 0.125 e. The third-order valence-electron chi connectivity index (χ3n) is 2.15. The Morgan fingerprint density at radius 3 is 2.62 bits per heavy atom. The van der Waals surface area contributed by atoms with Crippen molar-refractivity contribution in [1.29, 1.82) is 0 Å². The highest BCUT2D eigenvalue weighted by atomic mass is 19.1. The van der Waals surface area contributed by atoms with Crippen molar-refractivity contribution in [1.82, 2.24) is 14.9 Å². The summed E-state index contributed by atoms with van der Waals surface area (Å²) < 4.78 is 12.5.